The summed E-state index contributed by atoms with van der Waals surface area (Å²) in [6.45, 7) is 1.79. The molecule has 7 heteroatoms. The van der Waals surface area contributed by atoms with Gasteiger partial charge in [-0.25, -0.2) is 8.42 Å². The van der Waals surface area contributed by atoms with Crippen molar-refractivity contribution >= 4 is 31.9 Å². The SMILES string of the molecule is O=C(c1cccc(S(=O)(=O)N2CCCC2)c1)N1CCCC1c1ccc(Br)cc1. The monoisotopic (exact) mass is 462 g/mol. The number of likely N-dealkylation sites (tertiary alicyclic amines) is 1. The van der Waals surface area contributed by atoms with Gasteiger partial charge in [-0.1, -0.05) is 34.1 Å². The Labute approximate surface area is 174 Å². The standard InChI is InChI=1S/C21H23BrN2O3S/c22-18-10-8-16(9-11-18)20-7-4-14-24(20)21(25)17-5-3-6-19(15-17)28(26,27)23-12-1-2-13-23/h3,5-6,8-11,15,20H,1-2,4,7,12-14H2. The van der Waals surface area contributed by atoms with Gasteiger partial charge in [0.05, 0.1) is 10.9 Å². The Bertz CT molecular complexity index is 969. The number of nitrogens with zero attached hydrogens (tertiary/aromatic N) is 2. The topological polar surface area (TPSA) is 57.7 Å². The molecule has 0 N–H and O–H groups in total. The quantitative estimate of drug-likeness (QED) is 0.683. The van der Waals surface area contributed by atoms with Gasteiger partial charge in [-0.2, -0.15) is 4.31 Å². The van der Waals surface area contributed by atoms with E-state index in [9.17, 15) is 13.2 Å². The van der Waals surface area contributed by atoms with Gasteiger partial charge in [0.1, 0.15) is 0 Å². The van der Waals surface area contributed by atoms with E-state index in [0.29, 0.717) is 25.2 Å². The molecule has 28 heavy (non-hydrogen) atoms. The Balaban J connectivity index is 1.60. The number of hydrogen-bond donors (Lipinski definition) is 0. The smallest absolute Gasteiger partial charge is 0.254 e. The summed E-state index contributed by atoms with van der Waals surface area (Å²) in [5.41, 5.74) is 1.54. The maximum atomic E-state index is 13.2. The molecule has 2 heterocycles. The molecule has 0 aliphatic carbocycles. The number of halogens is 1. The Morgan fingerprint density at radius 2 is 1.68 bits per heavy atom. The molecule has 2 fully saturated rings. The van der Waals surface area contributed by atoms with Gasteiger partial charge in [0.2, 0.25) is 10.0 Å². The summed E-state index contributed by atoms with van der Waals surface area (Å²) in [6.07, 6.45) is 3.64. The van der Waals surface area contributed by atoms with Crippen molar-refractivity contribution in [1.29, 1.82) is 0 Å². The third-order valence-electron chi connectivity index (χ3n) is 5.55. The minimum absolute atomic E-state index is 0.0273. The average Bonchev–Trinajstić information content (AvgIpc) is 3.40. The van der Waals surface area contributed by atoms with Crippen LogP contribution in [0.3, 0.4) is 0 Å². The molecule has 2 aromatic carbocycles. The zero-order valence-electron chi connectivity index (χ0n) is 15.6. The molecule has 1 atom stereocenters. The molecule has 0 bridgehead atoms. The highest BCUT2D eigenvalue weighted by Crippen LogP contribution is 2.34. The summed E-state index contributed by atoms with van der Waals surface area (Å²) in [7, 11) is -3.53. The van der Waals surface area contributed by atoms with E-state index in [0.717, 1.165) is 35.7 Å². The van der Waals surface area contributed by atoms with Gasteiger partial charge < -0.3 is 4.90 Å². The number of rotatable bonds is 4. The van der Waals surface area contributed by atoms with Crippen LogP contribution in [-0.4, -0.2) is 43.2 Å². The fourth-order valence-corrected chi connectivity index (χ4v) is 5.90. The van der Waals surface area contributed by atoms with Gasteiger partial charge in [0.15, 0.2) is 0 Å². The molecular formula is C21H23BrN2O3S. The van der Waals surface area contributed by atoms with Crippen molar-refractivity contribution in [2.24, 2.45) is 0 Å². The van der Waals surface area contributed by atoms with E-state index in [1.54, 1.807) is 18.2 Å². The second-order valence-electron chi connectivity index (χ2n) is 7.35. The maximum absolute atomic E-state index is 13.2. The fraction of sp³-hybridized carbons (Fsp3) is 0.381. The van der Waals surface area contributed by atoms with E-state index in [4.69, 9.17) is 0 Å². The minimum atomic E-state index is -3.53. The zero-order chi connectivity index (χ0) is 19.7. The predicted octanol–water partition coefficient (Wildman–Crippen LogP) is 4.21. The minimum Gasteiger partial charge on any atom is -0.332 e. The number of benzene rings is 2. The number of carbonyl (C=O) groups is 1. The summed E-state index contributed by atoms with van der Waals surface area (Å²) in [5, 5.41) is 0. The molecule has 2 aromatic rings. The lowest BCUT2D eigenvalue weighted by Gasteiger charge is -2.25. The predicted molar refractivity (Wildman–Crippen MR) is 112 cm³/mol. The van der Waals surface area contributed by atoms with Gasteiger partial charge in [-0.3, -0.25) is 4.79 Å². The summed E-state index contributed by atoms with van der Waals surface area (Å²) in [5.74, 6) is -0.108. The molecular weight excluding hydrogens is 440 g/mol. The van der Waals surface area contributed by atoms with Gasteiger partial charge in [0, 0.05) is 29.7 Å². The van der Waals surface area contributed by atoms with E-state index in [1.807, 2.05) is 29.2 Å². The normalized spacial score (nSPS) is 20.6. The molecule has 0 spiro atoms. The second kappa shape index (κ2) is 7.97. The summed E-state index contributed by atoms with van der Waals surface area (Å²) < 4.78 is 28.2. The summed E-state index contributed by atoms with van der Waals surface area (Å²) >= 11 is 3.45. The Kier molecular flexibility index (Phi) is 5.58. The maximum Gasteiger partial charge on any atom is 0.254 e. The van der Waals surface area contributed by atoms with Crippen LogP contribution >= 0.6 is 15.9 Å². The van der Waals surface area contributed by atoms with Crippen molar-refractivity contribution in [3.8, 4) is 0 Å². The molecule has 148 valence electrons. The van der Waals surface area contributed by atoms with Crippen LogP contribution in [-0.2, 0) is 10.0 Å². The highest BCUT2D eigenvalue weighted by molar-refractivity contribution is 9.10. The first-order valence-electron chi connectivity index (χ1n) is 9.63. The van der Waals surface area contributed by atoms with Crippen molar-refractivity contribution in [3.05, 3.63) is 64.1 Å². The number of sulfonamides is 1. The van der Waals surface area contributed by atoms with Crippen LogP contribution in [0.2, 0.25) is 0 Å². The van der Waals surface area contributed by atoms with Gasteiger partial charge in [-0.05, 0) is 61.6 Å². The van der Waals surface area contributed by atoms with Crippen LogP contribution in [0.25, 0.3) is 0 Å². The molecule has 5 nitrogen and oxygen atoms in total. The van der Waals surface area contributed by atoms with Crippen LogP contribution in [0.15, 0.2) is 57.9 Å². The van der Waals surface area contributed by atoms with Crippen molar-refractivity contribution in [2.45, 2.75) is 36.6 Å². The van der Waals surface area contributed by atoms with Gasteiger partial charge in [0.25, 0.3) is 5.91 Å². The summed E-state index contributed by atoms with van der Waals surface area (Å²) in [6, 6.07) is 14.6. The molecule has 1 unspecified atom stereocenters. The molecule has 0 saturated carbocycles. The van der Waals surface area contributed by atoms with Crippen molar-refractivity contribution < 1.29 is 13.2 Å². The molecule has 2 aliphatic heterocycles. The van der Waals surface area contributed by atoms with Crippen LogP contribution in [0.4, 0.5) is 0 Å². The van der Waals surface area contributed by atoms with Gasteiger partial charge in [-0.15, -0.1) is 0 Å². The molecule has 1 amide bonds. The van der Waals surface area contributed by atoms with Crippen LogP contribution < -0.4 is 0 Å². The van der Waals surface area contributed by atoms with Crippen molar-refractivity contribution in [1.82, 2.24) is 9.21 Å². The Morgan fingerprint density at radius 1 is 0.964 bits per heavy atom. The van der Waals surface area contributed by atoms with Crippen LogP contribution in [0, 0.1) is 0 Å². The van der Waals surface area contributed by atoms with Crippen molar-refractivity contribution in [2.75, 3.05) is 19.6 Å². The number of carbonyl (C=O) groups excluding carboxylic acids is 1. The lowest BCUT2D eigenvalue weighted by molar-refractivity contribution is 0.0735. The Hall–Kier alpha value is -1.70. The van der Waals surface area contributed by atoms with E-state index in [-0.39, 0.29) is 16.8 Å². The first-order valence-corrected chi connectivity index (χ1v) is 11.9. The zero-order valence-corrected chi connectivity index (χ0v) is 18.0. The Morgan fingerprint density at radius 3 is 2.39 bits per heavy atom. The first kappa shape index (κ1) is 19.6. The highest BCUT2D eigenvalue weighted by Gasteiger charge is 2.32. The molecule has 0 aromatic heterocycles. The third kappa shape index (κ3) is 3.75. The lowest BCUT2D eigenvalue weighted by Crippen LogP contribution is -2.31. The highest BCUT2D eigenvalue weighted by atomic mass is 79.9. The molecule has 4 rings (SSSR count). The van der Waals surface area contributed by atoms with Crippen molar-refractivity contribution in [3.63, 3.8) is 0 Å². The molecule has 2 aliphatic rings. The van der Waals surface area contributed by atoms with E-state index < -0.39 is 10.0 Å². The third-order valence-corrected chi connectivity index (χ3v) is 7.98. The fourth-order valence-electron chi connectivity index (χ4n) is 4.07. The van der Waals surface area contributed by atoms with E-state index in [2.05, 4.69) is 15.9 Å². The van der Waals surface area contributed by atoms with Crippen LogP contribution in [0.5, 0.6) is 0 Å². The number of hydrogen-bond acceptors (Lipinski definition) is 3. The van der Waals surface area contributed by atoms with Gasteiger partial charge >= 0.3 is 0 Å². The molecule has 0 radical (unpaired) electrons. The van der Waals surface area contributed by atoms with E-state index >= 15 is 0 Å². The average molecular weight is 463 g/mol. The van der Waals surface area contributed by atoms with E-state index in [1.165, 1.54) is 10.4 Å². The first-order chi connectivity index (χ1) is 13.5. The van der Waals surface area contributed by atoms with Crippen LogP contribution in [0.1, 0.15) is 47.6 Å². The number of amides is 1. The molecule has 2 saturated heterocycles. The summed E-state index contributed by atoms with van der Waals surface area (Å²) in [4.78, 5) is 15.3. The lowest BCUT2D eigenvalue weighted by atomic mass is 10.0. The largest absolute Gasteiger partial charge is 0.332 e. The second-order valence-corrected chi connectivity index (χ2v) is 10.2.